The molecule has 0 bridgehead atoms. The van der Waals surface area contributed by atoms with Crippen LogP contribution in [0, 0.1) is 0 Å². The molecule has 0 aliphatic rings. The largest absolute Gasteiger partial charge is 0.298 e. The van der Waals surface area contributed by atoms with Gasteiger partial charge in [-0.3, -0.25) is 10.1 Å². The summed E-state index contributed by atoms with van der Waals surface area (Å²) in [7, 11) is 0. The van der Waals surface area contributed by atoms with Crippen LogP contribution in [0.5, 0.6) is 0 Å². The first-order valence-electron chi connectivity index (χ1n) is 4.23. The number of nitrogens with one attached hydrogen (secondary N) is 1. The summed E-state index contributed by atoms with van der Waals surface area (Å²) < 4.78 is 0.554. The number of hydrogen-bond donors (Lipinski definition) is 1. The van der Waals surface area contributed by atoms with E-state index in [-0.39, 0.29) is 5.91 Å². The number of benzene rings is 1. The lowest BCUT2D eigenvalue weighted by molar-refractivity contribution is 0.102. The Hall–Kier alpha value is -1.39. The Labute approximate surface area is 95.7 Å². The second kappa shape index (κ2) is 4.42. The third-order valence-corrected chi connectivity index (χ3v) is 2.76. The molecule has 1 heterocycles. The van der Waals surface area contributed by atoms with Crippen LogP contribution >= 0.6 is 22.9 Å². The Morgan fingerprint density at radius 3 is 2.67 bits per heavy atom. The summed E-state index contributed by atoms with van der Waals surface area (Å²) >= 11 is 6.93. The van der Waals surface area contributed by atoms with Crippen molar-refractivity contribution in [1.82, 2.24) is 4.98 Å². The lowest BCUT2D eigenvalue weighted by atomic mass is 10.2. The van der Waals surface area contributed by atoms with Gasteiger partial charge in [0.1, 0.15) is 4.34 Å². The molecule has 15 heavy (non-hydrogen) atoms. The number of carbonyl (C=O) groups excluding carboxylic acids is 1. The molecule has 0 saturated heterocycles. The number of hydrogen-bond acceptors (Lipinski definition) is 3. The lowest BCUT2D eigenvalue weighted by Gasteiger charge is -2.00. The van der Waals surface area contributed by atoms with Gasteiger partial charge < -0.3 is 0 Å². The number of anilines is 1. The number of carbonyl (C=O) groups is 1. The second-order valence-corrected chi connectivity index (χ2v) is 4.45. The van der Waals surface area contributed by atoms with Crippen LogP contribution in [0.15, 0.2) is 36.5 Å². The molecule has 2 aromatic rings. The summed E-state index contributed by atoms with van der Waals surface area (Å²) in [5.74, 6) is -0.179. The normalized spacial score (nSPS) is 9.93. The van der Waals surface area contributed by atoms with Gasteiger partial charge in [0.2, 0.25) is 0 Å². The van der Waals surface area contributed by atoms with Crippen molar-refractivity contribution < 1.29 is 4.79 Å². The lowest BCUT2D eigenvalue weighted by Crippen LogP contribution is -2.11. The van der Waals surface area contributed by atoms with Crippen LogP contribution in [0.25, 0.3) is 0 Å². The zero-order valence-corrected chi connectivity index (χ0v) is 9.18. The predicted molar refractivity (Wildman–Crippen MR) is 61.5 cm³/mol. The molecule has 0 radical (unpaired) electrons. The average Bonchev–Trinajstić information content (AvgIpc) is 2.65. The van der Waals surface area contributed by atoms with Crippen molar-refractivity contribution in [2.24, 2.45) is 0 Å². The van der Waals surface area contributed by atoms with Gasteiger partial charge in [-0.25, -0.2) is 4.98 Å². The standard InChI is InChI=1S/C10H7ClN2OS/c11-8-6-12-10(15-8)13-9(14)7-4-2-1-3-5-7/h1-6H,(H,12,13,14). The van der Waals surface area contributed by atoms with Crippen LogP contribution in [-0.4, -0.2) is 10.9 Å². The topological polar surface area (TPSA) is 42.0 Å². The maximum Gasteiger partial charge on any atom is 0.257 e. The van der Waals surface area contributed by atoms with Crippen molar-refractivity contribution in [2.45, 2.75) is 0 Å². The predicted octanol–water partition coefficient (Wildman–Crippen LogP) is 3.05. The molecule has 0 saturated carbocycles. The molecule has 76 valence electrons. The van der Waals surface area contributed by atoms with Crippen LogP contribution in [0.3, 0.4) is 0 Å². The molecule has 1 aromatic heterocycles. The van der Waals surface area contributed by atoms with E-state index in [2.05, 4.69) is 10.3 Å². The monoisotopic (exact) mass is 238 g/mol. The Morgan fingerprint density at radius 1 is 1.33 bits per heavy atom. The van der Waals surface area contributed by atoms with E-state index in [9.17, 15) is 4.79 Å². The Morgan fingerprint density at radius 2 is 2.07 bits per heavy atom. The number of aromatic nitrogens is 1. The SMILES string of the molecule is O=C(Nc1ncc(Cl)s1)c1ccccc1. The highest BCUT2D eigenvalue weighted by Gasteiger charge is 2.07. The van der Waals surface area contributed by atoms with Crippen molar-refractivity contribution in [2.75, 3.05) is 5.32 Å². The molecule has 0 spiro atoms. The molecule has 1 amide bonds. The van der Waals surface area contributed by atoms with Gasteiger partial charge in [0, 0.05) is 5.56 Å². The molecule has 0 fully saturated rings. The fourth-order valence-corrected chi connectivity index (χ4v) is 1.88. The summed E-state index contributed by atoms with van der Waals surface area (Å²) in [6, 6.07) is 8.96. The van der Waals surface area contributed by atoms with Gasteiger partial charge in [-0.1, -0.05) is 41.1 Å². The molecule has 0 aliphatic heterocycles. The fraction of sp³-hybridized carbons (Fsp3) is 0. The Balaban J connectivity index is 2.11. The highest BCUT2D eigenvalue weighted by atomic mass is 35.5. The summed E-state index contributed by atoms with van der Waals surface area (Å²) in [6.45, 7) is 0. The minimum atomic E-state index is -0.179. The van der Waals surface area contributed by atoms with E-state index >= 15 is 0 Å². The van der Waals surface area contributed by atoms with Crippen LogP contribution in [0.4, 0.5) is 5.13 Å². The van der Waals surface area contributed by atoms with E-state index in [0.29, 0.717) is 15.0 Å². The number of rotatable bonds is 2. The summed E-state index contributed by atoms with van der Waals surface area (Å²) in [4.78, 5) is 15.6. The van der Waals surface area contributed by atoms with Crippen LogP contribution < -0.4 is 5.32 Å². The molecule has 3 nitrogen and oxygen atoms in total. The zero-order chi connectivity index (χ0) is 10.7. The van der Waals surface area contributed by atoms with Crippen molar-refractivity contribution >= 4 is 34.0 Å². The van der Waals surface area contributed by atoms with Gasteiger partial charge >= 0.3 is 0 Å². The van der Waals surface area contributed by atoms with Gasteiger partial charge in [-0.05, 0) is 12.1 Å². The van der Waals surface area contributed by atoms with Crippen LogP contribution in [0.2, 0.25) is 4.34 Å². The highest BCUT2D eigenvalue weighted by molar-refractivity contribution is 7.19. The van der Waals surface area contributed by atoms with Gasteiger partial charge in [0.05, 0.1) is 6.20 Å². The van der Waals surface area contributed by atoms with Crippen molar-refractivity contribution in [3.05, 3.63) is 46.4 Å². The molecule has 0 unspecified atom stereocenters. The molecule has 0 aliphatic carbocycles. The molecular weight excluding hydrogens is 232 g/mol. The van der Waals surface area contributed by atoms with Crippen molar-refractivity contribution in [1.29, 1.82) is 0 Å². The van der Waals surface area contributed by atoms with Crippen molar-refractivity contribution in [3.63, 3.8) is 0 Å². The summed E-state index contributed by atoms with van der Waals surface area (Å²) in [5.41, 5.74) is 0.601. The molecule has 0 atom stereocenters. The molecule has 1 aromatic carbocycles. The smallest absolute Gasteiger partial charge is 0.257 e. The summed E-state index contributed by atoms with van der Waals surface area (Å²) in [5, 5.41) is 3.17. The van der Waals surface area contributed by atoms with Crippen molar-refractivity contribution in [3.8, 4) is 0 Å². The molecule has 5 heteroatoms. The van der Waals surface area contributed by atoms with Gasteiger partial charge in [-0.2, -0.15) is 0 Å². The number of halogens is 1. The van der Waals surface area contributed by atoms with Crippen LogP contribution in [0.1, 0.15) is 10.4 Å². The molecular formula is C10H7ClN2OS. The summed E-state index contributed by atoms with van der Waals surface area (Å²) in [6.07, 6.45) is 1.51. The first-order valence-corrected chi connectivity index (χ1v) is 5.43. The third kappa shape index (κ3) is 2.55. The van der Waals surface area contributed by atoms with Crippen LogP contribution in [-0.2, 0) is 0 Å². The van der Waals surface area contributed by atoms with E-state index < -0.39 is 0 Å². The van der Waals surface area contributed by atoms with E-state index in [1.54, 1.807) is 12.1 Å². The number of amides is 1. The van der Waals surface area contributed by atoms with Gasteiger partial charge in [0.25, 0.3) is 5.91 Å². The maximum absolute atomic E-state index is 11.6. The van der Waals surface area contributed by atoms with E-state index in [4.69, 9.17) is 11.6 Å². The number of nitrogens with zero attached hydrogens (tertiary/aromatic N) is 1. The maximum atomic E-state index is 11.6. The second-order valence-electron chi connectivity index (χ2n) is 2.79. The molecule has 2 rings (SSSR count). The van der Waals surface area contributed by atoms with Gasteiger partial charge in [0.15, 0.2) is 5.13 Å². The van der Waals surface area contributed by atoms with E-state index in [1.165, 1.54) is 17.5 Å². The first-order chi connectivity index (χ1) is 7.25. The zero-order valence-electron chi connectivity index (χ0n) is 7.61. The quantitative estimate of drug-likeness (QED) is 0.874. The van der Waals surface area contributed by atoms with E-state index in [1.807, 2.05) is 18.2 Å². The Kier molecular flexibility index (Phi) is 2.99. The molecule has 1 N–H and O–H groups in total. The fourth-order valence-electron chi connectivity index (χ4n) is 1.07. The Bertz CT molecular complexity index is 469. The average molecular weight is 239 g/mol. The first kappa shape index (κ1) is 10.1. The van der Waals surface area contributed by atoms with Gasteiger partial charge in [-0.15, -0.1) is 0 Å². The highest BCUT2D eigenvalue weighted by Crippen LogP contribution is 2.22. The third-order valence-electron chi connectivity index (χ3n) is 1.73. The minimum absolute atomic E-state index is 0.179. The number of thiazole rings is 1. The minimum Gasteiger partial charge on any atom is -0.298 e. The van der Waals surface area contributed by atoms with E-state index in [0.717, 1.165) is 0 Å².